The lowest BCUT2D eigenvalue weighted by Gasteiger charge is -2.18. The van der Waals surface area contributed by atoms with Gasteiger partial charge in [0.05, 0.1) is 13.2 Å². The molecule has 0 aromatic heterocycles. The number of aliphatic hydroxyl groups is 1. The van der Waals surface area contributed by atoms with Gasteiger partial charge in [-0.2, -0.15) is 0 Å². The van der Waals surface area contributed by atoms with E-state index in [4.69, 9.17) is 14.9 Å². The zero-order chi connectivity index (χ0) is 44.0. The minimum absolute atomic E-state index is 0.0565. The maximum atomic E-state index is 12.8. The molecule has 4 N–H and O–H groups in total. The van der Waals surface area contributed by atoms with E-state index in [1.165, 1.54) is 77.0 Å². The van der Waals surface area contributed by atoms with Crippen molar-refractivity contribution in [3.8, 4) is 0 Å². The number of allylic oxidation sites excluding steroid dienone is 12. The molecular weight excluding hydrogens is 753 g/mol. The number of esters is 1. The van der Waals surface area contributed by atoms with Gasteiger partial charge >= 0.3 is 11.9 Å². The molecule has 0 saturated heterocycles. The van der Waals surface area contributed by atoms with Crippen LogP contribution in [0.5, 0.6) is 0 Å². The Labute approximate surface area is 365 Å². The number of hydrogen-bond donors (Lipinski definition) is 4. The SMILES string of the molecule is CC/C=C\C/C=C\C/C=C\C/C=C\C/C=C\C/C=C\CCC(=O)OC(CCCCCCCCCCCCCCC)CCCCCCCC(=O)NCC(=O)NC(CO)C(=O)O. The van der Waals surface area contributed by atoms with Gasteiger partial charge in [0.25, 0.3) is 0 Å². The number of carboxylic acids is 1. The summed E-state index contributed by atoms with van der Waals surface area (Å²) in [5, 5.41) is 22.6. The summed E-state index contributed by atoms with van der Waals surface area (Å²) in [6, 6.07) is -1.39. The fraction of sp³-hybridized carbons (Fsp3) is 0.686. The lowest BCUT2D eigenvalue weighted by atomic mass is 10.0. The third-order valence-electron chi connectivity index (χ3n) is 10.2. The van der Waals surface area contributed by atoms with Crippen LogP contribution >= 0.6 is 0 Å². The molecule has 0 aliphatic heterocycles. The van der Waals surface area contributed by atoms with E-state index in [9.17, 15) is 19.2 Å². The summed E-state index contributed by atoms with van der Waals surface area (Å²) in [5.41, 5.74) is 0. The van der Waals surface area contributed by atoms with Crippen molar-refractivity contribution in [2.75, 3.05) is 13.2 Å². The van der Waals surface area contributed by atoms with Crippen molar-refractivity contribution < 1.29 is 34.1 Å². The Morgan fingerprint density at radius 3 is 1.37 bits per heavy atom. The molecule has 0 aliphatic carbocycles. The van der Waals surface area contributed by atoms with Crippen molar-refractivity contribution in [2.24, 2.45) is 0 Å². The summed E-state index contributed by atoms with van der Waals surface area (Å²) in [5.74, 6) is -2.38. The molecule has 0 heterocycles. The Morgan fingerprint density at radius 2 is 0.933 bits per heavy atom. The average Bonchev–Trinajstić information content (AvgIpc) is 3.23. The Balaban J connectivity index is 4.44. The van der Waals surface area contributed by atoms with Crippen LogP contribution in [0.4, 0.5) is 0 Å². The molecular formula is C51H86N2O7. The van der Waals surface area contributed by atoms with Crippen LogP contribution < -0.4 is 10.6 Å². The largest absolute Gasteiger partial charge is 0.480 e. The Morgan fingerprint density at radius 1 is 0.517 bits per heavy atom. The van der Waals surface area contributed by atoms with Crippen molar-refractivity contribution in [1.29, 1.82) is 0 Å². The van der Waals surface area contributed by atoms with Gasteiger partial charge in [-0.1, -0.05) is 183 Å². The van der Waals surface area contributed by atoms with E-state index in [0.717, 1.165) is 83.5 Å². The number of amides is 2. The normalized spacial score (nSPS) is 13.1. The Kier molecular flexibility index (Phi) is 42.0. The van der Waals surface area contributed by atoms with Gasteiger partial charge in [0.15, 0.2) is 0 Å². The van der Waals surface area contributed by atoms with Gasteiger partial charge in [0.1, 0.15) is 12.1 Å². The van der Waals surface area contributed by atoms with Gasteiger partial charge in [-0.25, -0.2) is 4.79 Å². The number of unbranched alkanes of at least 4 members (excludes halogenated alkanes) is 16. The van der Waals surface area contributed by atoms with Crippen LogP contribution in [0, 0.1) is 0 Å². The van der Waals surface area contributed by atoms with E-state index in [2.05, 4.69) is 97.4 Å². The first-order valence-corrected chi connectivity index (χ1v) is 23.8. The first kappa shape index (κ1) is 56.3. The second kappa shape index (κ2) is 44.8. The molecule has 0 aromatic rings. The van der Waals surface area contributed by atoms with Crippen molar-refractivity contribution in [1.82, 2.24) is 10.6 Å². The van der Waals surface area contributed by atoms with Crippen molar-refractivity contribution in [3.63, 3.8) is 0 Å². The summed E-state index contributed by atoms with van der Waals surface area (Å²) in [6.45, 7) is 3.36. The van der Waals surface area contributed by atoms with Gasteiger partial charge in [-0.15, -0.1) is 0 Å². The highest BCUT2D eigenvalue weighted by Gasteiger charge is 2.19. The first-order chi connectivity index (χ1) is 29.3. The lowest BCUT2D eigenvalue weighted by molar-refractivity contribution is -0.149. The van der Waals surface area contributed by atoms with Crippen LogP contribution in [-0.2, 0) is 23.9 Å². The molecule has 0 aliphatic rings. The predicted octanol–water partition coefficient (Wildman–Crippen LogP) is 12.3. The second-order valence-electron chi connectivity index (χ2n) is 15.8. The third kappa shape index (κ3) is 41.0. The zero-order valence-corrected chi connectivity index (χ0v) is 37.9. The summed E-state index contributed by atoms with van der Waals surface area (Å²) >= 11 is 0. The van der Waals surface area contributed by atoms with Crippen LogP contribution in [0.15, 0.2) is 72.9 Å². The maximum absolute atomic E-state index is 12.8. The highest BCUT2D eigenvalue weighted by Crippen LogP contribution is 2.19. The Hall–Kier alpha value is -3.72. The van der Waals surface area contributed by atoms with E-state index in [1.807, 2.05) is 0 Å². The lowest BCUT2D eigenvalue weighted by Crippen LogP contribution is -2.47. The number of nitrogens with one attached hydrogen (secondary N) is 2. The molecule has 342 valence electrons. The molecule has 0 aromatic carbocycles. The number of ether oxygens (including phenoxy) is 1. The van der Waals surface area contributed by atoms with Crippen LogP contribution in [0.2, 0.25) is 0 Å². The Bertz CT molecular complexity index is 1240. The summed E-state index contributed by atoms with van der Waals surface area (Å²) in [4.78, 5) is 47.7. The van der Waals surface area contributed by atoms with E-state index in [1.54, 1.807) is 0 Å². The average molecular weight is 839 g/mol. The molecule has 0 spiro atoms. The number of carbonyl (C=O) groups excluding carboxylic acids is 3. The highest BCUT2D eigenvalue weighted by molar-refractivity contribution is 5.87. The quantitative estimate of drug-likeness (QED) is 0.0272. The van der Waals surface area contributed by atoms with E-state index < -0.39 is 24.5 Å². The van der Waals surface area contributed by atoms with Crippen molar-refractivity contribution >= 4 is 23.8 Å². The minimum Gasteiger partial charge on any atom is -0.480 e. The number of carboxylic acid groups (broad SMARTS) is 1. The van der Waals surface area contributed by atoms with Crippen molar-refractivity contribution in [3.05, 3.63) is 72.9 Å². The van der Waals surface area contributed by atoms with E-state index in [0.29, 0.717) is 19.3 Å². The minimum atomic E-state index is -1.39. The molecule has 0 rings (SSSR count). The summed E-state index contributed by atoms with van der Waals surface area (Å²) in [7, 11) is 0. The molecule has 0 radical (unpaired) electrons. The highest BCUT2D eigenvalue weighted by atomic mass is 16.5. The number of carbonyl (C=O) groups is 4. The van der Waals surface area contributed by atoms with E-state index >= 15 is 0 Å². The standard InChI is InChI=1S/C51H86N2O7/c1-3-5-7-9-11-13-15-17-18-19-20-21-22-24-26-28-30-35-39-43-50(57)60-46(40-36-32-29-27-25-23-16-14-12-10-8-6-4-2)41-37-33-31-34-38-42-48(55)52-44-49(56)53-47(45-54)51(58)59/h5,7,11,13,17-18,20-21,24,26,30,35,46-47,54H,3-4,6,8-10,12,14-16,19,22-23,25,27-29,31-34,36-45H2,1-2H3,(H,52,55)(H,53,56)(H,58,59)/b7-5-,13-11-,18-17-,21-20-,26-24-,35-30-. The first-order valence-electron chi connectivity index (χ1n) is 23.8. The molecule has 2 atom stereocenters. The van der Waals surface area contributed by atoms with Gasteiger partial charge in [0, 0.05) is 12.8 Å². The van der Waals surface area contributed by atoms with Gasteiger partial charge in [-0.3, -0.25) is 14.4 Å². The predicted molar refractivity (Wildman–Crippen MR) is 250 cm³/mol. The smallest absolute Gasteiger partial charge is 0.328 e. The molecule has 2 amide bonds. The molecule has 9 heteroatoms. The van der Waals surface area contributed by atoms with Crippen molar-refractivity contribution in [2.45, 2.75) is 212 Å². The summed E-state index contributed by atoms with van der Waals surface area (Å²) < 4.78 is 6.01. The fourth-order valence-corrected chi connectivity index (χ4v) is 6.62. The monoisotopic (exact) mass is 839 g/mol. The van der Waals surface area contributed by atoms with Gasteiger partial charge in [0.2, 0.25) is 11.8 Å². The van der Waals surface area contributed by atoms with Gasteiger partial charge in [-0.05, 0) is 77.0 Å². The number of hydrogen-bond acceptors (Lipinski definition) is 6. The zero-order valence-electron chi connectivity index (χ0n) is 37.9. The number of rotatable bonds is 42. The molecule has 2 unspecified atom stereocenters. The van der Waals surface area contributed by atoms with Crippen LogP contribution in [-0.4, -0.2) is 59.3 Å². The van der Waals surface area contributed by atoms with Crippen LogP contribution in [0.1, 0.15) is 200 Å². The molecule has 0 bridgehead atoms. The topological polar surface area (TPSA) is 142 Å². The molecule has 9 nitrogen and oxygen atoms in total. The molecule has 0 saturated carbocycles. The van der Waals surface area contributed by atoms with Gasteiger partial charge < -0.3 is 25.6 Å². The maximum Gasteiger partial charge on any atom is 0.328 e. The number of aliphatic carboxylic acids is 1. The van der Waals surface area contributed by atoms with Crippen LogP contribution in [0.25, 0.3) is 0 Å². The third-order valence-corrected chi connectivity index (χ3v) is 10.2. The molecule has 0 fully saturated rings. The molecule has 60 heavy (non-hydrogen) atoms. The number of aliphatic hydroxyl groups excluding tert-OH is 1. The fourth-order valence-electron chi connectivity index (χ4n) is 6.62. The van der Waals surface area contributed by atoms with E-state index in [-0.39, 0.29) is 30.9 Å². The summed E-state index contributed by atoms with van der Waals surface area (Å²) in [6.07, 6.45) is 56.5. The second-order valence-corrected chi connectivity index (χ2v) is 15.8. The van der Waals surface area contributed by atoms with Crippen LogP contribution in [0.3, 0.4) is 0 Å².